The molecule has 4 rings (SSSR count). The van der Waals surface area contributed by atoms with E-state index in [0.29, 0.717) is 11.6 Å². The Morgan fingerprint density at radius 1 is 1.15 bits per heavy atom. The number of aliphatic hydroxyl groups excluding tert-OH is 2. The summed E-state index contributed by atoms with van der Waals surface area (Å²) in [5.74, 6) is -1.49. The van der Waals surface area contributed by atoms with Gasteiger partial charge in [-0.05, 0) is 61.2 Å². The molecule has 0 bridgehead atoms. The van der Waals surface area contributed by atoms with Crippen LogP contribution in [0.2, 0.25) is 5.02 Å². The molecule has 2 amide bonds. The van der Waals surface area contributed by atoms with Crippen LogP contribution in [-0.4, -0.2) is 55.5 Å². The number of halogens is 1. The lowest BCUT2D eigenvalue weighted by molar-refractivity contribution is -0.153. The molecule has 1 saturated heterocycles. The van der Waals surface area contributed by atoms with Crippen molar-refractivity contribution in [3.63, 3.8) is 0 Å². The molecular weight excluding hydrogens is 456 g/mol. The number of aromatic nitrogens is 2. The molecule has 0 spiro atoms. The largest absolute Gasteiger partial charge is 0.380 e. The Morgan fingerprint density at radius 3 is 2.59 bits per heavy atom. The van der Waals surface area contributed by atoms with Crippen LogP contribution in [0.4, 0.5) is 0 Å². The van der Waals surface area contributed by atoms with Gasteiger partial charge in [0.1, 0.15) is 0 Å². The van der Waals surface area contributed by atoms with E-state index >= 15 is 0 Å². The summed E-state index contributed by atoms with van der Waals surface area (Å²) in [7, 11) is 0. The maximum atomic E-state index is 12.9. The van der Waals surface area contributed by atoms with Gasteiger partial charge in [0.25, 0.3) is 11.8 Å². The van der Waals surface area contributed by atoms with Crippen molar-refractivity contribution in [3.8, 4) is 5.69 Å². The average molecular weight is 483 g/mol. The van der Waals surface area contributed by atoms with Gasteiger partial charge in [-0.2, -0.15) is 5.10 Å². The van der Waals surface area contributed by atoms with E-state index in [1.165, 1.54) is 4.90 Å². The van der Waals surface area contributed by atoms with E-state index in [1.54, 1.807) is 22.9 Å². The van der Waals surface area contributed by atoms with Crippen molar-refractivity contribution in [1.29, 1.82) is 0 Å². The van der Waals surface area contributed by atoms with Crippen LogP contribution in [0.1, 0.15) is 35.7 Å². The highest BCUT2D eigenvalue weighted by atomic mass is 35.5. The van der Waals surface area contributed by atoms with Crippen molar-refractivity contribution in [2.75, 3.05) is 6.54 Å². The first-order chi connectivity index (χ1) is 16.3. The molecule has 0 aliphatic carbocycles. The number of hydrogen-bond donors (Lipinski definition) is 3. The lowest BCUT2D eigenvalue weighted by Gasteiger charge is -2.28. The Hall–Kier alpha value is -3.20. The minimum Gasteiger partial charge on any atom is -0.380 e. The van der Waals surface area contributed by atoms with Gasteiger partial charge in [-0.15, -0.1) is 0 Å². The predicted molar refractivity (Wildman–Crippen MR) is 127 cm³/mol. The summed E-state index contributed by atoms with van der Waals surface area (Å²) in [4.78, 5) is 26.8. The molecule has 1 unspecified atom stereocenters. The van der Waals surface area contributed by atoms with Crippen molar-refractivity contribution in [1.82, 2.24) is 20.0 Å². The Bertz CT molecular complexity index is 1160. The molecule has 2 aromatic carbocycles. The standard InChI is InChI=1S/C25H27ClN4O4/c1-16-11-13-30(28-16)20-9-7-17(8-10-20)15-27-24(33)22(31)23(32)25(34)29-12-3-6-21(29)18-4-2-5-19(26)14-18/h2,4-5,7-11,13-14,21-23,31-32H,3,6,12,15H2,1H3,(H,27,33)/t21?,22-,23-/m1/s1. The van der Waals surface area contributed by atoms with E-state index in [9.17, 15) is 19.8 Å². The molecule has 1 aliphatic rings. The third-order valence-corrected chi connectivity index (χ3v) is 6.22. The van der Waals surface area contributed by atoms with Gasteiger partial charge in [0.15, 0.2) is 12.2 Å². The minimum atomic E-state index is -1.88. The lowest BCUT2D eigenvalue weighted by Crippen LogP contribution is -2.50. The van der Waals surface area contributed by atoms with Gasteiger partial charge in [-0.3, -0.25) is 9.59 Å². The zero-order chi connectivity index (χ0) is 24.2. The fraction of sp³-hybridized carbons (Fsp3) is 0.320. The van der Waals surface area contributed by atoms with Crippen LogP contribution in [0.25, 0.3) is 5.69 Å². The molecule has 0 saturated carbocycles. The van der Waals surface area contributed by atoms with Gasteiger partial charge < -0.3 is 20.4 Å². The third kappa shape index (κ3) is 5.30. The summed E-state index contributed by atoms with van der Waals surface area (Å²) in [6.45, 7) is 2.49. The van der Waals surface area contributed by atoms with Crippen LogP contribution in [0.15, 0.2) is 60.8 Å². The first kappa shape index (κ1) is 23.9. The normalized spacial score (nSPS) is 17.4. The minimum absolute atomic E-state index is 0.143. The molecule has 0 radical (unpaired) electrons. The zero-order valence-electron chi connectivity index (χ0n) is 18.8. The number of benzene rings is 2. The summed E-state index contributed by atoms with van der Waals surface area (Å²) in [5.41, 5.74) is 3.45. The highest BCUT2D eigenvalue weighted by molar-refractivity contribution is 6.30. The second kappa shape index (κ2) is 10.4. The van der Waals surface area contributed by atoms with Crippen LogP contribution in [-0.2, 0) is 16.1 Å². The zero-order valence-corrected chi connectivity index (χ0v) is 19.5. The molecule has 3 atom stereocenters. The van der Waals surface area contributed by atoms with Crippen molar-refractivity contribution >= 4 is 23.4 Å². The van der Waals surface area contributed by atoms with Gasteiger partial charge in [0.2, 0.25) is 0 Å². The van der Waals surface area contributed by atoms with Crippen LogP contribution >= 0.6 is 11.6 Å². The Morgan fingerprint density at radius 2 is 1.91 bits per heavy atom. The van der Waals surface area contributed by atoms with Gasteiger partial charge in [-0.1, -0.05) is 35.9 Å². The van der Waals surface area contributed by atoms with Crippen LogP contribution in [0.5, 0.6) is 0 Å². The molecular formula is C25H27ClN4O4. The monoisotopic (exact) mass is 482 g/mol. The molecule has 34 heavy (non-hydrogen) atoms. The van der Waals surface area contributed by atoms with Crippen LogP contribution in [0.3, 0.4) is 0 Å². The molecule has 9 heteroatoms. The summed E-state index contributed by atoms with van der Waals surface area (Å²) < 4.78 is 1.75. The molecule has 1 aliphatic heterocycles. The summed E-state index contributed by atoms with van der Waals surface area (Å²) in [5, 5.41) is 28.3. The van der Waals surface area contributed by atoms with E-state index in [0.717, 1.165) is 35.3 Å². The fourth-order valence-corrected chi connectivity index (χ4v) is 4.36. The van der Waals surface area contributed by atoms with E-state index in [2.05, 4.69) is 10.4 Å². The first-order valence-corrected chi connectivity index (χ1v) is 11.5. The molecule has 1 fully saturated rings. The lowest BCUT2D eigenvalue weighted by atomic mass is 10.0. The quantitative estimate of drug-likeness (QED) is 0.479. The Kier molecular flexibility index (Phi) is 7.31. The van der Waals surface area contributed by atoms with Crippen molar-refractivity contribution in [2.24, 2.45) is 0 Å². The van der Waals surface area contributed by atoms with Gasteiger partial charge in [-0.25, -0.2) is 4.68 Å². The number of likely N-dealkylation sites (tertiary alicyclic amines) is 1. The topological polar surface area (TPSA) is 108 Å². The molecule has 1 aromatic heterocycles. The van der Waals surface area contributed by atoms with Gasteiger partial charge in [0, 0.05) is 24.3 Å². The number of aliphatic hydroxyl groups is 2. The fourth-order valence-electron chi connectivity index (χ4n) is 4.16. The Labute approximate surface area is 202 Å². The predicted octanol–water partition coefficient (Wildman–Crippen LogP) is 2.54. The molecule has 3 N–H and O–H groups in total. The molecule has 3 aromatic rings. The number of nitrogens with zero attached hydrogens (tertiary/aromatic N) is 3. The second-order valence-corrected chi connectivity index (χ2v) is 8.86. The highest BCUT2D eigenvalue weighted by Crippen LogP contribution is 2.33. The number of carbonyl (C=O) groups is 2. The van der Waals surface area contributed by atoms with Crippen molar-refractivity contribution < 1.29 is 19.8 Å². The van der Waals surface area contributed by atoms with E-state index in [4.69, 9.17) is 11.6 Å². The Balaban J connectivity index is 1.34. The van der Waals surface area contributed by atoms with E-state index < -0.39 is 24.0 Å². The summed E-state index contributed by atoms with van der Waals surface area (Å²) >= 11 is 6.08. The first-order valence-electron chi connectivity index (χ1n) is 11.1. The second-order valence-electron chi connectivity index (χ2n) is 8.42. The average Bonchev–Trinajstić information content (AvgIpc) is 3.51. The number of hydrogen-bond acceptors (Lipinski definition) is 5. The molecule has 8 nitrogen and oxygen atoms in total. The van der Waals surface area contributed by atoms with Crippen LogP contribution in [0, 0.1) is 6.92 Å². The van der Waals surface area contributed by atoms with Crippen LogP contribution < -0.4 is 5.32 Å². The van der Waals surface area contributed by atoms with Gasteiger partial charge in [0.05, 0.1) is 17.4 Å². The number of carbonyl (C=O) groups excluding carboxylic acids is 2. The van der Waals surface area contributed by atoms with Crippen molar-refractivity contribution in [2.45, 2.75) is 44.6 Å². The smallest absolute Gasteiger partial charge is 0.255 e. The van der Waals surface area contributed by atoms with E-state index in [-0.39, 0.29) is 12.6 Å². The number of rotatable bonds is 7. The maximum Gasteiger partial charge on any atom is 0.255 e. The number of amides is 2. The number of nitrogens with one attached hydrogen (secondary N) is 1. The molecule has 178 valence electrons. The van der Waals surface area contributed by atoms with Gasteiger partial charge >= 0.3 is 0 Å². The maximum absolute atomic E-state index is 12.9. The third-order valence-electron chi connectivity index (χ3n) is 5.98. The SMILES string of the molecule is Cc1ccn(-c2ccc(CNC(=O)[C@H](O)[C@@H](O)C(=O)N3CCCC3c3cccc(Cl)c3)cc2)n1. The summed E-state index contributed by atoms with van der Waals surface area (Å²) in [6, 6.07) is 16.3. The summed E-state index contributed by atoms with van der Waals surface area (Å²) in [6.07, 6.45) is -0.399. The molecule has 2 heterocycles. The highest BCUT2D eigenvalue weighted by Gasteiger charge is 2.38. The van der Waals surface area contributed by atoms with E-state index in [1.807, 2.05) is 49.5 Å². The van der Waals surface area contributed by atoms with Crippen molar-refractivity contribution in [3.05, 3.63) is 82.6 Å². The number of aryl methyl sites for hydroxylation is 1.